The Balaban J connectivity index is 1.02. The second kappa shape index (κ2) is 9.63. The van der Waals surface area contributed by atoms with E-state index >= 15 is 0 Å². The van der Waals surface area contributed by atoms with Crippen molar-refractivity contribution < 1.29 is 24.1 Å². The highest BCUT2D eigenvalue weighted by molar-refractivity contribution is 5.93. The third-order valence-electron chi connectivity index (χ3n) is 18.3. The van der Waals surface area contributed by atoms with Gasteiger partial charge in [-0.2, -0.15) is 0 Å². The molecule has 3 aliphatic carbocycles. The molecule has 8 heterocycles. The zero-order valence-corrected chi connectivity index (χ0v) is 31.2. The molecule has 11 aliphatic rings. The van der Waals surface area contributed by atoms with Gasteiger partial charge in [0.05, 0.1) is 42.4 Å². The number of benzene rings is 2. The van der Waals surface area contributed by atoms with Gasteiger partial charge in [0.25, 0.3) is 0 Å². The maximum absolute atomic E-state index is 14.1. The van der Waals surface area contributed by atoms with Gasteiger partial charge in [-0.25, -0.2) is 4.79 Å². The first-order chi connectivity index (χ1) is 25.8. The summed E-state index contributed by atoms with van der Waals surface area (Å²) in [4.78, 5) is 22.2. The van der Waals surface area contributed by atoms with Gasteiger partial charge in [0.2, 0.25) is 0 Å². The summed E-state index contributed by atoms with van der Waals surface area (Å²) in [6.45, 7) is 5.59. The second-order valence-electron chi connectivity index (χ2n) is 19.4. The Morgan fingerprint density at radius 3 is 2.64 bits per heavy atom. The fourth-order valence-electron chi connectivity index (χ4n) is 17.4. The molecule has 0 aromatic heterocycles. The molecule has 9 nitrogen and oxygen atoms in total. The molecule has 0 radical (unpaired) electrons. The predicted octanol–water partition coefficient (Wildman–Crippen LogP) is 5.17. The monoisotopic (exact) mass is 716 g/mol. The lowest BCUT2D eigenvalue weighted by atomic mass is 9.43. The Morgan fingerprint density at radius 2 is 1.75 bits per heavy atom. The minimum atomic E-state index is -0.982. The third kappa shape index (κ3) is 3.08. The molecule has 278 valence electrons. The van der Waals surface area contributed by atoms with E-state index in [0.29, 0.717) is 19.1 Å². The van der Waals surface area contributed by atoms with Crippen LogP contribution in [-0.4, -0.2) is 98.3 Å². The van der Waals surface area contributed by atoms with Crippen molar-refractivity contribution in [2.75, 3.05) is 63.8 Å². The topological polar surface area (TPSA) is 86.7 Å². The van der Waals surface area contributed by atoms with E-state index in [2.05, 4.69) is 62.5 Å². The molecule has 8 fully saturated rings. The van der Waals surface area contributed by atoms with Crippen molar-refractivity contribution >= 4 is 17.3 Å². The predicted molar refractivity (Wildman–Crippen MR) is 199 cm³/mol. The zero-order chi connectivity index (χ0) is 35.3. The highest BCUT2D eigenvalue weighted by Gasteiger charge is 2.83. The van der Waals surface area contributed by atoms with Crippen LogP contribution < -0.4 is 15.0 Å². The first-order valence-corrected chi connectivity index (χ1v) is 20.8. The number of ether oxygens (including phenoxy) is 3. The van der Waals surface area contributed by atoms with Crippen molar-refractivity contribution in [1.82, 2.24) is 9.80 Å². The van der Waals surface area contributed by atoms with E-state index in [1.54, 1.807) is 0 Å². The van der Waals surface area contributed by atoms with Crippen molar-refractivity contribution in [2.45, 2.75) is 99.0 Å². The number of rotatable bonds is 2. The van der Waals surface area contributed by atoms with Crippen LogP contribution >= 0.6 is 0 Å². The van der Waals surface area contributed by atoms with Crippen LogP contribution in [0.4, 0.5) is 11.4 Å². The number of methoxy groups -OCH3 is 2. The summed E-state index contributed by atoms with van der Waals surface area (Å²) in [6, 6.07) is 16.1. The summed E-state index contributed by atoms with van der Waals surface area (Å²) in [6.07, 6.45) is 10.8. The molecule has 2 aromatic carbocycles. The van der Waals surface area contributed by atoms with Crippen LogP contribution in [-0.2, 0) is 25.1 Å². The van der Waals surface area contributed by atoms with E-state index in [0.717, 1.165) is 99.1 Å². The molecule has 9 heteroatoms. The van der Waals surface area contributed by atoms with Gasteiger partial charge in [0.1, 0.15) is 5.75 Å². The van der Waals surface area contributed by atoms with E-state index in [4.69, 9.17) is 14.2 Å². The molecular formula is C44H52N4O5. The Kier molecular flexibility index (Phi) is 5.66. The number of piperidine rings is 3. The summed E-state index contributed by atoms with van der Waals surface area (Å²) in [5.41, 5.74) is 4.96. The Morgan fingerprint density at radius 1 is 0.887 bits per heavy atom. The number of para-hydroxylation sites is 2. The number of fused-ring (bicyclic) bond motifs is 4. The van der Waals surface area contributed by atoms with Crippen molar-refractivity contribution in [3.05, 3.63) is 64.9 Å². The average Bonchev–Trinajstić information content (AvgIpc) is 4.02. The number of hydrogen-bond acceptors (Lipinski definition) is 9. The number of anilines is 2. The van der Waals surface area contributed by atoms with Crippen molar-refractivity contribution in [3.8, 4) is 5.75 Å². The Labute approximate surface area is 312 Å². The standard InChI is InChI=1S/C44H52N4O5/c1-51-32-11-5-9-30-33(32)48-25-39(21-27-22-40-13-6-7-26(40)12-17-46-19-15-43(30,37(40)46)44(27,48)50)24-47-18-14-42-29-8-3-4-10-31(29)45-34(42)28(35(49)52-2)23-41(36(42)47)16-20-53-38(39)41/h3-5,8-11,26-27,36-38,45,50H,6-7,12-25H2,1-2H3. The molecule has 5 spiro atoms. The van der Waals surface area contributed by atoms with Gasteiger partial charge >= 0.3 is 5.97 Å². The van der Waals surface area contributed by atoms with E-state index in [-0.39, 0.29) is 51.1 Å². The minimum absolute atomic E-state index is 0.0412. The lowest BCUT2D eigenvalue weighted by Crippen LogP contribution is -2.80. The van der Waals surface area contributed by atoms with Crippen molar-refractivity contribution in [2.24, 2.45) is 28.1 Å². The number of nitrogens with one attached hydrogen (secondary N) is 1. The van der Waals surface area contributed by atoms with Gasteiger partial charge in [-0.15, -0.1) is 0 Å². The first kappa shape index (κ1) is 31.1. The lowest BCUT2D eigenvalue weighted by Gasteiger charge is -2.71. The molecule has 11 unspecified atom stereocenters. The minimum Gasteiger partial charge on any atom is -0.495 e. The van der Waals surface area contributed by atoms with Crippen LogP contribution in [0.15, 0.2) is 53.7 Å². The number of esters is 1. The largest absolute Gasteiger partial charge is 0.495 e. The molecule has 2 aromatic rings. The smallest absolute Gasteiger partial charge is 0.335 e. The molecule has 8 aliphatic heterocycles. The number of nitrogens with zero attached hydrogens (tertiary/aromatic N) is 3. The molecule has 13 rings (SSSR count). The normalized spacial score (nSPS) is 47.6. The van der Waals surface area contributed by atoms with Crippen LogP contribution in [0.5, 0.6) is 5.75 Å². The van der Waals surface area contributed by atoms with E-state index < -0.39 is 5.72 Å². The lowest BCUT2D eigenvalue weighted by molar-refractivity contribution is -0.231. The highest BCUT2D eigenvalue weighted by Crippen LogP contribution is 2.78. The molecule has 2 N–H and O–H groups in total. The summed E-state index contributed by atoms with van der Waals surface area (Å²) >= 11 is 0. The van der Waals surface area contributed by atoms with Crippen LogP contribution in [0, 0.1) is 28.1 Å². The van der Waals surface area contributed by atoms with E-state index in [1.165, 1.54) is 43.9 Å². The van der Waals surface area contributed by atoms with Gasteiger partial charge in [0, 0.05) is 59.9 Å². The van der Waals surface area contributed by atoms with Crippen molar-refractivity contribution in [1.29, 1.82) is 0 Å². The zero-order valence-electron chi connectivity index (χ0n) is 31.2. The van der Waals surface area contributed by atoms with Crippen LogP contribution in [0.2, 0.25) is 0 Å². The first-order valence-electron chi connectivity index (χ1n) is 20.8. The van der Waals surface area contributed by atoms with Gasteiger partial charge in [-0.3, -0.25) is 9.80 Å². The van der Waals surface area contributed by atoms with Gasteiger partial charge in [-0.1, -0.05) is 36.8 Å². The maximum atomic E-state index is 14.1. The Bertz CT molecular complexity index is 2050. The summed E-state index contributed by atoms with van der Waals surface area (Å²) < 4.78 is 19.2. The summed E-state index contributed by atoms with van der Waals surface area (Å²) in [5.74, 6) is 1.53. The maximum Gasteiger partial charge on any atom is 0.335 e. The van der Waals surface area contributed by atoms with Gasteiger partial charge < -0.3 is 29.5 Å². The van der Waals surface area contributed by atoms with Gasteiger partial charge in [0.15, 0.2) is 5.72 Å². The van der Waals surface area contributed by atoms with Crippen LogP contribution in [0.25, 0.3) is 0 Å². The molecular weight excluding hydrogens is 665 g/mol. The SMILES string of the molecule is COC(=O)C1=C2Nc3ccccc3C23CCN2CC4(CC5CC67CCCC6CCN6CCC8(c9cccc(OC)c9N(C4)C58O)C67)C4OCCC4(C1)C23. The summed E-state index contributed by atoms with van der Waals surface area (Å²) in [5, 5.41) is 17.9. The molecule has 0 bridgehead atoms. The van der Waals surface area contributed by atoms with E-state index in [1.807, 2.05) is 7.11 Å². The third-order valence-corrected chi connectivity index (χ3v) is 18.3. The molecule has 6 saturated heterocycles. The van der Waals surface area contributed by atoms with Crippen LogP contribution in [0.1, 0.15) is 75.3 Å². The molecule has 53 heavy (non-hydrogen) atoms. The summed E-state index contributed by atoms with van der Waals surface area (Å²) in [7, 11) is 3.35. The van der Waals surface area contributed by atoms with Gasteiger partial charge in [-0.05, 0) is 112 Å². The fourth-order valence-corrected chi connectivity index (χ4v) is 17.4. The number of carbonyl (C=O) groups excluding carboxylic acids is 1. The number of hydrogen-bond donors (Lipinski definition) is 2. The number of carbonyl (C=O) groups is 1. The van der Waals surface area contributed by atoms with Crippen molar-refractivity contribution in [3.63, 3.8) is 0 Å². The van der Waals surface area contributed by atoms with Crippen LogP contribution in [0.3, 0.4) is 0 Å². The Hall–Kier alpha value is -3.11. The van der Waals surface area contributed by atoms with E-state index in [9.17, 15) is 9.90 Å². The molecule has 11 atom stereocenters. The average molecular weight is 717 g/mol. The molecule has 2 saturated carbocycles. The quantitative estimate of drug-likeness (QED) is 0.409. The number of aliphatic hydroxyl groups is 1. The molecule has 0 amide bonds. The second-order valence-corrected chi connectivity index (χ2v) is 19.4. The fraction of sp³-hybridized carbons (Fsp3) is 0.659. The highest BCUT2D eigenvalue weighted by atomic mass is 16.5.